The zero-order valence-electron chi connectivity index (χ0n) is 16.0. The molecular weight excluding hydrogens is 342 g/mol. The third-order valence-electron chi connectivity index (χ3n) is 4.79. The van der Waals surface area contributed by atoms with Gasteiger partial charge in [0.15, 0.2) is 0 Å². The maximum Gasteiger partial charge on any atom is 0.254 e. The number of benzene rings is 1. The van der Waals surface area contributed by atoms with Gasteiger partial charge in [0.25, 0.3) is 5.91 Å². The molecular formula is C21H27N3O3. The van der Waals surface area contributed by atoms with E-state index in [-0.39, 0.29) is 12.0 Å². The second-order valence-corrected chi connectivity index (χ2v) is 6.85. The van der Waals surface area contributed by atoms with Crippen molar-refractivity contribution in [2.45, 2.75) is 25.9 Å². The molecule has 6 heteroatoms. The van der Waals surface area contributed by atoms with Gasteiger partial charge >= 0.3 is 0 Å². The van der Waals surface area contributed by atoms with Crippen molar-refractivity contribution in [3.63, 3.8) is 0 Å². The van der Waals surface area contributed by atoms with Crippen molar-refractivity contribution in [3.05, 3.63) is 47.7 Å². The molecule has 2 heterocycles. The van der Waals surface area contributed by atoms with Crippen LogP contribution in [0.5, 0.6) is 0 Å². The van der Waals surface area contributed by atoms with Crippen molar-refractivity contribution >= 4 is 11.7 Å². The number of pyridine rings is 1. The fourth-order valence-corrected chi connectivity index (χ4v) is 3.33. The van der Waals surface area contributed by atoms with Crippen LogP contribution < -0.4 is 5.73 Å². The van der Waals surface area contributed by atoms with Crippen LogP contribution in [0.3, 0.4) is 0 Å². The molecule has 0 aliphatic carbocycles. The summed E-state index contributed by atoms with van der Waals surface area (Å²) >= 11 is 0. The van der Waals surface area contributed by atoms with E-state index in [1.54, 1.807) is 7.11 Å². The van der Waals surface area contributed by atoms with Crippen molar-refractivity contribution in [1.82, 2.24) is 9.88 Å². The number of hydrogen-bond acceptors (Lipinski definition) is 5. The van der Waals surface area contributed by atoms with Gasteiger partial charge in [-0.25, -0.2) is 4.98 Å². The molecule has 1 atom stereocenters. The lowest BCUT2D eigenvalue weighted by molar-refractivity contribution is 0.0456. The molecule has 1 aliphatic rings. The molecule has 0 spiro atoms. The molecule has 0 unspecified atom stereocenters. The zero-order chi connectivity index (χ0) is 19.2. The van der Waals surface area contributed by atoms with Gasteiger partial charge in [-0.1, -0.05) is 12.1 Å². The Hall–Kier alpha value is -2.44. The molecule has 1 amide bonds. The number of hydrogen-bond donors (Lipinski definition) is 1. The quantitative estimate of drug-likeness (QED) is 0.812. The molecule has 1 fully saturated rings. The lowest BCUT2D eigenvalue weighted by atomic mass is 10.0. The first-order valence-electron chi connectivity index (χ1n) is 9.32. The number of ether oxygens (including phenoxy) is 2. The zero-order valence-corrected chi connectivity index (χ0v) is 16.0. The fourth-order valence-electron chi connectivity index (χ4n) is 3.33. The highest BCUT2D eigenvalue weighted by Crippen LogP contribution is 2.26. The molecule has 1 saturated heterocycles. The van der Waals surface area contributed by atoms with Crippen molar-refractivity contribution < 1.29 is 14.3 Å². The van der Waals surface area contributed by atoms with E-state index in [0.29, 0.717) is 31.1 Å². The molecule has 1 aliphatic heterocycles. The Kier molecular flexibility index (Phi) is 6.42. The largest absolute Gasteiger partial charge is 0.383 e. The average Bonchev–Trinajstić information content (AvgIpc) is 3.18. The molecule has 0 bridgehead atoms. The van der Waals surface area contributed by atoms with E-state index < -0.39 is 0 Å². The van der Waals surface area contributed by atoms with Gasteiger partial charge in [-0.15, -0.1) is 0 Å². The van der Waals surface area contributed by atoms with Crippen LogP contribution in [0, 0.1) is 6.92 Å². The second kappa shape index (κ2) is 8.97. The summed E-state index contributed by atoms with van der Waals surface area (Å²) in [6, 6.07) is 11.4. The summed E-state index contributed by atoms with van der Waals surface area (Å²) in [6.45, 7) is 4.28. The first kappa shape index (κ1) is 19.3. The lowest BCUT2D eigenvalue weighted by Crippen LogP contribution is -2.39. The Morgan fingerprint density at radius 1 is 1.37 bits per heavy atom. The summed E-state index contributed by atoms with van der Waals surface area (Å²) in [5.41, 5.74) is 9.28. The van der Waals surface area contributed by atoms with Crippen LogP contribution in [-0.4, -0.2) is 55.3 Å². The number of nitrogen functional groups attached to an aromatic ring is 1. The van der Waals surface area contributed by atoms with Gasteiger partial charge in [-0.05, 0) is 49.6 Å². The molecule has 0 saturated carbocycles. The minimum atomic E-state index is -0.0250. The number of rotatable bonds is 7. The van der Waals surface area contributed by atoms with Gasteiger partial charge in [0.1, 0.15) is 5.82 Å². The van der Waals surface area contributed by atoms with Crippen molar-refractivity contribution in [2.75, 3.05) is 39.1 Å². The van der Waals surface area contributed by atoms with Gasteiger partial charge in [0.05, 0.1) is 12.7 Å². The summed E-state index contributed by atoms with van der Waals surface area (Å²) in [5.74, 6) is 0.443. The SMILES string of the molecule is COCCN(C[C@H]1CCCO1)C(=O)c1cccc(-c2ccc(C)nc2N)c1. The summed E-state index contributed by atoms with van der Waals surface area (Å²) in [7, 11) is 1.64. The second-order valence-electron chi connectivity index (χ2n) is 6.85. The highest BCUT2D eigenvalue weighted by Gasteiger charge is 2.23. The Morgan fingerprint density at radius 2 is 2.22 bits per heavy atom. The van der Waals surface area contributed by atoms with Gasteiger partial charge in [0.2, 0.25) is 0 Å². The Labute approximate surface area is 160 Å². The van der Waals surface area contributed by atoms with Crippen LogP contribution in [-0.2, 0) is 9.47 Å². The maximum atomic E-state index is 13.1. The third-order valence-corrected chi connectivity index (χ3v) is 4.79. The number of amides is 1. The van der Waals surface area contributed by atoms with Crippen LogP contribution in [0.2, 0.25) is 0 Å². The predicted molar refractivity (Wildman–Crippen MR) is 106 cm³/mol. The van der Waals surface area contributed by atoms with Gasteiger partial charge in [-0.3, -0.25) is 4.79 Å². The number of nitrogens with two attached hydrogens (primary N) is 1. The first-order chi connectivity index (χ1) is 13.1. The number of aryl methyl sites for hydroxylation is 1. The number of aromatic nitrogens is 1. The minimum Gasteiger partial charge on any atom is -0.383 e. The topological polar surface area (TPSA) is 77.7 Å². The van der Waals surface area contributed by atoms with Crippen molar-refractivity contribution in [2.24, 2.45) is 0 Å². The van der Waals surface area contributed by atoms with Crippen LogP contribution in [0.1, 0.15) is 28.9 Å². The smallest absolute Gasteiger partial charge is 0.254 e. The normalized spacial score (nSPS) is 16.4. The van der Waals surface area contributed by atoms with E-state index in [9.17, 15) is 4.79 Å². The number of methoxy groups -OCH3 is 1. The Bertz CT molecular complexity index is 788. The molecule has 2 N–H and O–H groups in total. The summed E-state index contributed by atoms with van der Waals surface area (Å²) in [6.07, 6.45) is 2.14. The molecule has 144 valence electrons. The molecule has 3 rings (SSSR count). The maximum absolute atomic E-state index is 13.1. The van der Waals surface area contributed by atoms with Crippen molar-refractivity contribution in [3.8, 4) is 11.1 Å². The summed E-state index contributed by atoms with van der Waals surface area (Å²) in [4.78, 5) is 19.3. The fraction of sp³-hybridized carbons (Fsp3) is 0.429. The highest BCUT2D eigenvalue weighted by molar-refractivity contribution is 5.96. The van der Waals surface area contributed by atoms with Gasteiger partial charge < -0.3 is 20.1 Å². The van der Waals surface area contributed by atoms with Crippen LogP contribution in [0.25, 0.3) is 11.1 Å². The molecule has 0 radical (unpaired) electrons. The van der Waals surface area contributed by atoms with Crippen LogP contribution in [0.15, 0.2) is 36.4 Å². The highest BCUT2D eigenvalue weighted by atomic mass is 16.5. The summed E-state index contributed by atoms with van der Waals surface area (Å²) < 4.78 is 10.9. The van der Waals surface area contributed by atoms with E-state index >= 15 is 0 Å². The van der Waals surface area contributed by atoms with E-state index in [1.165, 1.54) is 0 Å². The Balaban J connectivity index is 1.83. The Morgan fingerprint density at radius 3 is 2.93 bits per heavy atom. The number of carbonyl (C=O) groups is 1. The van der Waals surface area contributed by atoms with E-state index in [2.05, 4.69) is 4.98 Å². The predicted octanol–water partition coefficient (Wildman–Crippen LogP) is 2.91. The molecule has 27 heavy (non-hydrogen) atoms. The number of anilines is 1. The lowest BCUT2D eigenvalue weighted by Gasteiger charge is -2.25. The van der Waals surface area contributed by atoms with E-state index in [0.717, 1.165) is 36.3 Å². The molecule has 6 nitrogen and oxygen atoms in total. The summed E-state index contributed by atoms with van der Waals surface area (Å²) in [5, 5.41) is 0. The monoisotopic (exact) mass is 369 g/mol. The minimum absolute atomic E-state index is 0.0250. The van der Waals surface area contributed by atoms with Crippen molar-refractivity contribution in [1.29, 1.82) is 0 Å². The third kappa shape index (κ3) is 4.84. The van der Waals surface area contributed by atoms with Crippen LogP contribution >= 0.6 is 0 Å². The van der Waals surface area contributed by atoms with Gasteiger partial charge in [0, 0.05) is 43.6 Å². The molecule has 1 aromatic heterocycles. The van der Waals surface area contributed by atoms with Gasteiger partial charge in [-0.2, -0.15) is 0 Å². The number of carbonyl (C=O) groups excluding carboxylic acids is 1. The standard InChI is InChI=1S/C21H27N3O3/c1-15-8-9-19(20(22)23-15)16-5-3-6-17(13-16)21(25)24(10-12-26-2)14-18-7-4-11-27-18/h3,5-6,8-9,13,18H,4,7,10-12,14H2,1-2H3,(H2,22,23)/t18-/m1/s1. The first-order valence-corrected chi connectivity index (χ1v) is 9.32. The molecule has 2 aromatic rings. The van der Waals surface area contributed by atoms with Crippen LogP contribution in [0.4, 0.5) is 5.82 Å². The average molecular weight is 369 g/mol. The van der Waals surface area contributed by atoms with E-state index in [1.807, 2.05) is 48.2 Å². The van der Waals surface area contributed by atoms with E-state index in [4.69, 9.17) is 15.2 Å². The molecule has 1 aromatic carbocycles. The number of nitrogens with zero attached hydrogens (tertiary/aromatic N) is 2.